The van der Waals surface area contributed by atoms with Crippen LogP contribution in [0.25, 0.3) is 11.4 Å². The molecule has 1 N–H and O–H groups in total. The van der Waals surface area contributed by atoms with Crippen LogP contribution >= 0.6 is 0 Å². The predicted octanol–water partition coefficient (Wildman–Crippen LogP) is 1.15. The molecule has 1 aromatic carbocycles. The molecule has 0 aliphatic rings. The van der Waals surface area contributed by atoms with E-state index in [0.29, 0.717) is 18.8 Å². The van der Waals surface area contributed by atoms with Crippen molar-refractivity contribution in [2.75, 3.05) is 11.9 Å². The zero-order valence-electron chi connectivity index (χ0n) is 12.9. The average Bonchev–Trinajstić information content (AvgIpc) is 3.26. The molecule has 124 valence electrons. The number of hydrogen-bond acceptors (Lipinski definition) is 8. The number of hydrogen-bond donors (Lipinski definition) is 1. The number of anilines is 1. The third-order valence-electron chi connectivity index (χ3n) is 3.05. The number of aromatic nitrogens is 6. The van der Waals surface area contributed by atoms with Crippen molar-refractivity contribution in [3.05, 3.63) is 30.3 Å². The summed E-state index contributed by atoms with van der Waals surface area (Å²) in [6.45, 7) is 2.30. The summed E-state index contributed by atoms with van der Waals surface area (Å²) in [4.78, 5) is 12.8. The second-order valence-electron chi connectivity index (χ2n) is 4.74. The number of carbonyl (C=O) groups excluding carboxylic acids is 1. The van der Waals surface area contributed by atoms with E-state index in [-0.39, 0.29) is 24.2 Å². The second-order valence-corrected chi connectivity index (χ2v) is 4.74. The smallest absolute Gasteiger partial charge is 0.300 e. The second kappa shape index (κ2) is 7.31. The SMILES string of the molecule is CCC(=O)Nc1nonc1OCCn1nnc(-c2ccccc2)n1. The van der Waals surface area contributed by atoms with Crippen LogP contribution in [0.1, 0.15) is 13.3 Å². The highest BCUT2D eigenvalue weighted by molar-refractivity contribution is 5.90. The fourth-order valence-corrected chi connectivity index (χ4v) is 1.84. The van der Waals surface area contributed by atoms with Crippen molar-refractivity contribution in [3.8, 4) is 17.3 Å². The highest BCUT2D eigenvalue weighted by atomic mass is 16.6. The first kappa shape index (κ1) is 15.6. The number of nitrogens with zero attached hydrogens (tertiary/aromatic N) is 6. The quantitative estimate of drug-likeness (QED) is 0.685. The van der Waals surface area contributed by atoms with Gasteiger partial charge in [-0.05, 0) is 15.5 Å². The average molecular weight is 329 g/mol. The van der Waals surface area contributed by atoms with E-state index < -0.39 is 0 Å². The maximum absolute atomic E-state index is 11.4. The van der Waals surface area contributed by atoms with E-state index in [1.165, 1.54) is 4.80 Å². The molecule has 2 aromatic heterocycles. The van der Waals surface area contributed by atoms with Gasteiger partial charge in [0, 0.05) is 12.0 Å². The van der Waals surface area contributed by atoms with E-state index in [2.05, 4.69) is 35.7 Å². The first-order valence-electron chi connectivity index (χ1n) is 7.34. The van der Waals surface area contributed by atoms with Gasteiger partial charge in [0.05, 0.1) is 6.54 Å². The Morgan fingerprint density at radius 2 is 2.12 bits per heavy atom. The molecular formula is C14H15N7O3. The normalized spacial score (nSPS) is 10.5. The molecule has 0 saturated carbocycles. The fourth-order valence-electron chi connectivity index (χ4n) is 1.84. The van der Waals surface area contributed by atoms with E-state index in [1.54, 1.807) is 6.92 Å². The molecule has 1 amide bonds. The van der Waals surface area contributed by atoms with Gasteiger partial charge >= 0.3 is 5.88 Å². The Kier molecular flexibility index (Phi) is 4.75. The molecule has 0 bridgehead atoms. The third-order valence-corrected chi connectivity index (χ3v) is 3.05. The monoisotopic (exact) mass is 329 g/mol. The minimum absolute atomic E-state index is 0.111. The van der Waals surface area contributed by atoms with Crippen LogP contribution < -0.4 is 10.1 Å². The van der Waals surface area contributed by atoms with Gasteiger partial charge in [0.1, 0.15) is 6.61 Å². The van der Waals surface area contributed by atoms with Crippen molar-refractivity contribution in [2.45, 2.75) is 19.9 Å². The highest BCUT2D eigenvalue weighted by Gasteiger charge is 2.14. The lowest BCUT2D eigenvalue weighted by molar-refractivity contribution is -0.115. The van der Waals surface area contributed by atoms with Crippen LogP contribution in [0.15, 0.2) is 35.0 Å². The van der Waals surface area contributed by atoms with Crippen LogP contribution in [0, 0.1) is 0 Å². The molecule has 0 radical (unpaired) electrons. The molecule has 0 saturated heterocycles. The van der Waals surface area contributed by atoms with Gasteiger partial charge in [-0.1, -0.05) is 37.3 Å². The minimum atomic E-state index is -0.207. The van der Waals surface area contributed by atoms with E-state index in [0.717, 1.165) is 5.56 Å². The minimum Gasteiger partial charge on any atom is -0.471 e. The summed E-state index contributed by atoms with van der Waals surface area (Å²) in [7, 11) is 0. The van der Waals surface area contributed by atoms with E-state index in [9.17, 15) is 4.79 Å². The van der Waals surface area contributed by atoms with Crippen LogP contribution in [0.5, 0.6) is 5.88 Å². The molecule has 0 spiro atoms. The zero-order valence-corrected chi connectivity index (χ0v) is 12.9. The maximum Gasteiger partial charge on any atom is 0.300 e. The van der Waals surface area contributed by atoms with E-state index >= 15 is 0 Å². The van der Waals surface area contributed by atoms with E-state index in [1.807, 2.05) is 30.3 Å². The van der Waals surface area contributed by atoms with Crippen molar-refractivity contribution < 1.29 is 14.2 Å². The van der Waals surface area contributed by atoms with Gasteiger partial charge in [-0.25, -0.2) is 4.63 Å². The fraction of sp³-hybridized carbons (Fsp3) is 0.286. The molecule has 24 heavy (non-hydrogen) atoms. The summed E-state index contributed by atoms with van der Waals surface area (Å²) in [6.07, 6.45) is 0.317. The standard InChI is InChI=1S/C14H15N7O3/c1-2-11(22)15-13-14(19-24-18-13)23-9-8-21-17-12(16-20-21)10-6-4-3-5-7-10/h3-7H,2,8-9H2,1H3,(H,15,18,22). The first-order valence-corrected chi connectivity index (χ1v) is 7.34. The lowest BCUT2D eigenvalue weighted by Gasteiger charge is -2.03. The van der Waals surface area contributed by atoms with Gasteiger partial charge < -0.3 is 10.1 Å². The van der Waals surface area contributed by atoms with Gasteiger partial charge in [-0.2, -0.15) is 4.80 Å². The molecular weight excluding hydrogens is 314 g/mol. The van der Waals surface area contributed by atoms with Gasteiger partial charge in [0.25, 0.3) is 0 Å². The number of tetrazole rings is 1. The molecule has 10 nitrogen and oxygen atoms in total. The molecule has 3 rings (SSSR count). The van der Waals surface area contributed by atoms with Crippen molar-refractivity contribution in [1.29, 1.82) is 0 Å². The molecule has 0 unspecified atom stereocenters. The van der Waals surface area contributed by atoms with Crippen LogP contribution in [-0.4, -0.2) is 43.0 Å². The Bertz CT molecular complexity index is 800. The summed E-state index contributed by atoms with van der Waals surface area (Å²) in [5.74, 6) is 0.592. The van der Waals surface area contributed by atoms with Crippen molar-refractivity contribution in [3.63, 3.8) is 0 Å². The van der Waals surface area contributed by atoms with Crippen molar-refractivity contribution >= 4 is 11.7 Å². The van der Waals surface area contributed by atoms with E-state index in [4.69, 9.17) is 4.74 Å². The Labute approximate surface area is 136 Å². The van der Waals surface area contributed by atoms with Crippen LogP contribution in [0.3, 0.4) is 0 Å². The molecule has 0 atom stereocenters. The highest BCUT2D eigenvalue weighted by Crippen LogP contribution is 2.18. The summed E-state index contributed by atoms with van der Waals surface area (Å²) in [6, 6.07) is 9.54. The summed E-state index contributed by atoms with van der Waals surface area (Å²) in [5, 5.41) is 21.9. The van der Waals surface area contributed by atoms with Crippen LogP contribution in [-0.2, 0) is 11.3 Å². The van der Waals surface area contributed by atoms with Gasteiger partial charge in [-0.15, -0.1) is 10.2 Å². The molecule has 2 heterocycles. The number of amides is 1. The summed E-state index contributed by atoms with van der Waals surface area (Å²) >= 11 is 0. The number of benzene rings is 1. The molecule has 0 fully saturated rings. The van der Waals surface area contributed by atoms with Gasteiger partial charge in [-0.3, -0.25) is 4.79 Å². The largest absolute Gasteiger partial charge is 0.471 e. The number of rotatable bonds is 7. The van der Waals surface area contributed by atoms with Crippen LogP contribution in [0.2, 0.25) is 0 Å². The van der Waals surface area contributed by atoms with Gasteiger partial charge in [0.2, 0.25) is 17.5 Å². The molecule has 10 heteroatoms. The van der Waals surface area contributed by atoms with Gasteiger partial charge in [0.15, 0.2) is 0 Å². The number of ether oxygens (including phenoxy) is 1. The molecule has 0 aliphatic heterocycles. The summed E-state index contributed by atoms with van der Waals surface area (Å²) < 4.78 is 10.00. The van der Waals surface area contributed by atoms with Crippen molar-refractivity contribution in [1.82, 2.24) is 30.5 Å². The van der Waals surface area contributed by atoms with Crippen molar-refractivity contribution in [2.24, 2.45) is 0 Å². The number of nitrogens with one attached hydrogen (secondary N) is 1. The lowest BCUT2D eigenvalue weighted by atomic mass is 10.2. The zero-order chi connectivity index (χ0) is 16.8. The molecule has 3 aromatic rings. The topological polar surface area (TPSA) is 121 Å². The first-order chi connectivity index (χ1) is 11.8. The predicted molar refractivity (Wildman–Crippen MR) is 82.0 cm³/mol. The Hall–Kier alpha value is -3.30. The lowest BCUT2D eigenvalue weighted by Crippen LogP contribution is -2.14. The Morgan fingerprint density at radius 1 is 1.29 bits per heavy atom. The Morgan fingerprint density at radius 3 is 2.92 bits per heavy atom. The Balaban J connectivity index is 1.55. The summed E-state index contributed by atoms with van der Waals surface area (Å²) in [5.41, 5.74) is 0.884. The molecule has 0 aliphatic carbocycles. The number of carbonyl (C=O) groups is 1. The third kappa shape index (κ3) is 3.72. The maximum atomic E-state index is 11.4. The van der Waals surface area contributed by atoms with Crippen LogP contribution in [0.4, 0.5) is 5.82 Å².